The number of nitrogens with two attached hydrogens (primary N) is 2. The molecule has 106 valence electrons. The molecule has 0 saturated heterocycles. The Hall–Kier alpha value is -2.50. The maximum Gasteiger partial charge on any atom is 0.248 e. The molecule has 20 heavy (non-hydrogen) atoms. The van der Waals surface area contributed by atoms with Crippen molar-refractivity contribution in [2.24, 2.45) is 5.73 Å². The van der Waals surface area contributed by atoms with Crippen molar-refractivity contribution in [2.75, 3.05) is 12.8 Å². The second kappa shape index (κ2) is 5.64. The minimum Gasteiger partial charge on any atom is -0.494 e. The molecule has 1 heterocycles. The van der Waals surface area contributed by atoms with E-state index in [0.717, 1.165) is 11.9 Å². The van der Waals surface area contributed by atoms with E-state index in [2.05, 4.69) is 18.0 Å². The molecular weight excluding hydrogens is 256 g/mol. The quantitative estimate of drug-likeness (QED) is 0.811. The number of benzene rings is 1. The van der Waals surface area contributed by atoms with E-state index in [4.69, 9.17) is 16.2 Å². The molecule has 0 saturated carbocycles. The molecule has 1 aromatic carbocycles. The normalized spacial score (nSPS) is 11.3. The predicted octanol–water partition coefficient (Wildman–Crippen LogP) is 1.69. The highest BCUT2D eigenvalue weighted by Crippen LogP contribution is 2.29. The molecule has 0 radical (unpaired) electrons. The van der Waals surface area contributed by atoms with Crippen molar-refractivity contribution in [1.82, 2.24) is 9.55 Å². The first-order valence-electron chi connectivity index (χ1n) is 6.37. The summed E-state index contributed by atoms with van der Waals surface area (Å²) in [4.78, 5) is 15.6. The molecule has 2 aromatic rings. The molecule has 0 aliphatic carbocycles. The SMILES string of the molecule is CC/C=C/Cn1c(N)nc2cc(C(N)=O)cc(OC)c21. The van der Waals surface area contributed by atoms with Crippen molar-refractivity contribution in [3.8, 4) is 5.75 Å². The monoisotopic (exact) mass is 274 g/mol. The first-order chi connectivity index (χ1) is 9.58. The second-order valence-electron chi connectivity index (χ2n) is 4.37. The summed E-state index contributed by atoms with van der Waals surface area (Å²) >= 11 is 0. The third-order valence-electron chi connectivity index (χ3n) is 3.03. The summed E-state index contributed by atoms with van der Waals surface area (Å²) in [5, 5.41) is 0. The molecule has 0 aliphatic heterocycles. The fourth-order valence-corrected chi connectivity index (χ4v) is 2.08. The van der Waals surface area contributed by atoms with E-state index < -0.39 is 5.91 Å². The number of hydrogen-bond acceptors (Lipinski definition) is 4. The van der Waals surface area contributed by atoms with E-state index in [9.17, 15) is 4.79 Å². The summed E-state index contributed by atoms with van der Waals surface area (Å²) in [6.45, 7) is 2.66. The summed E-state index contributed by atoms with van der Waals surface area (Å²) in [7, 11) is 1.54. The molecule has 4 N–H and O–H groups in total. The lowest BCUT2D eigenvalue weighted by molar-refractivity contribution is 0.1000. The molecule has 0 atom stereocenters. The van der Waals surface area contributed by atoms with E-state index in [0.29, 0.717) is 29.3 Å². The molecule has 1 aromatic heterocycles. The van der Waals surface area contributed by atoms with E-state index >= 15 is 0 Å². The van der Waals surface area contributed by atoms with Gasteiger partial charge in [0.1, 0.15) is 11.3 Å². The van der Waals surface area contributed by atoms with Crippen LogP contribution in [0.1, 0.15) is 23.7 Å². The zero-order chi connectivity index (χ0) is 14.7. The Bertz CT molecular complexity index is 673. The van der Waals surface area contributed by atoms with Crippen molar-refractivity contribution in [2.45, 2.75) is 19.9 Å². The number of nitrogen functional groups attached to an aromatic ring is 1. The fraction of sp³-hybridized carbons (Fsp3) is 0.286. The van der Waals surface area contributed by atoms with E-state index in [1.54, 1.807) is 12.1 Å². The zero-order valence-electron chi connectivity index (χ0n) is 11.6. The van der Waals surface area contributed by atoms with Crippen LogP contribution in [0.15, 0.2) is 24.3 Å². The van der Waals surface area contributed by atoms with Gasteiger partial charge in [-0.25, -0.2) is 4.98 Å². The molecule has 2 rings (SSSR count). The van der Waals surface area contributed by atoms with Crippen molar-refractivity contribution >= 4 is 22.9 Å². The number of hydrogen-bond donors (Lipinski definition) is 2. The van der Waals surface area contributed by atoms with Gasteiger partial charge in [-0.15, -0.1) is 0 Å². The average Bonchev–Trinajstić information content (AvgIpc) is 2.74. The van der Waals surface area contributed by atoms with Crippen molar-refractivity contribution in [3.05, 3.63) is 29.8 Å². The summed E-state index contributed by atoms with van der Waals surface area (Å²) in [5.41, 5.74) is 12.9. The number of carbonyl (C=O) groups is 1. The number of anilines is 1. The van der Waals surface area contributed by atoms with Crippen LogP contribution in [0, 0.1) is 0 Å². The lowest BCUT2D eigenvalue weighted by Crippen LogP contribution is -2.11. The number of primary amides is 1. The van der Waals surface area contributed by atoms with Crippen LogP contribution < -0.4 is 16.2 Å². The highest BCUT2D eigenvalue weighted by atomic mass is 16.5. The Morgan fingerprint density at radius 3 is 2.80 bits per heavy atom. The fourth-order valence-electron chi connectivity index (χ4n) is 2.08. The molecule has 0 bridgehead atoms. The van der Waals surface area contributed by atoms with E-state index in [1.807, 2.05) is 10.6 Å². The van der Waals surface area contributed by atoms with Gasteiger partial charge in [0.05, 0.1) is 12.6 Å². The van der Waals surface area contributed by atoms with Crippen LogP contribution in [0.2, 0.25) is 0 Å². The second-order valence-corrected chi connectivity index (χ2v) is 4.37. The predicted molar refractivity (Wildman–Crippen MR) is 78.6 cm³/mol. The Kier molecular flexibility index (Phi) is 3.93. The maximum absolute atomic E-state index is 11.3. The Morgan fingerprint density at radius 1 is 1.45 bits per heavy atom. The molecule has 0 fully saturated rings. The van der Waals surface area contributed by atoms with Gasteiger partial charge in [0.25, 0.3) is 0 Å². The number of ether oxygens (including phenoxy) is 1. The van der Waals surface area contributed by atoms with Crippen LogP contribution in [0.3, 0.4) is 0 Å². The highest BCUT2D eigenvalue weighted by Gasteiger charge is 2.15. The van der Waals surface area contributed by atoms with Gasteiger partial charge in [-0.05, 0) is 18.6 Å². The molecule has 0 unspecified atom stereocenters. The minimum atomic E-state index is -0.524. The maximum atomic E-state index is 11.3. The van der Waals surface area contributed by atoms with Crippen LogP contribution in [-0.2, 0) is 6.54 Å². The standard InChI is InChI=1S/C14H18N4O2/c1-3-4-5-6-18-12-10(17-14(18)16)7-9(13(15)19)8-11(12)20-2/h4-5,7-8H,3,6H2,1-2H3,(H2,15,19)(H2,16,17)/b5-4+. The number of nitrogens with zero attached hydrogens (tertiary/aromatic N) is 2. The van der Waals surface area contributed by atoms with Gasteiger partial charge in [-0.3, -0.25) is 4.79 Å². The van der Waals surface area contributed by atoms with Crippen LogP contribution in [0.25, 0.3) is 11.0 Å². The Morgan fingerprint density at radius 2 is 2.20 bits per heavy atom. The van der Waals surface area contributed by atoms with Crippen LogP contribution in [0.5, 0.6) is 5.75 Å². The van der Waals surface area contributed by atoms with Gasteiger partial charge in [0, 0.05) is 12.1 Å². The van der Waals surface area contributed by atoms with Gasteiger partial charge in [0.15, 0.2) is 0 Å². The number of amides is 1. The molecule has 0 aliphatic rings. The number of fused-ring (bicyclic) bond motifs is 1. The smallest absolute Gasteiger partial charge is 0.248 e. The van der Waals surface area contributed by atoms with Crippen LogP contribution in [0.4, 0.5) is 5.95 Å². The summed E-state index contributed by atoms with van der Waals surface area (Å²) in [6.07, 6.45) is 5.02. The lowest BCUT2D eigenvalue weighted by atomic mass is 10.1. The highest BCUT2D eigenvalue weighted by molar-refractivity contribution is 5.98. The average molecular weight is 274 g/mol. The number of rotatable bonds is 5. The van der Waals surface area contributed by atoms with Crippen molar-refractivity contribution < 1.29 is 9.53 Å². The minimum absolute atomic E-state index is 0.350. The molecule has 6 heteroatoms. The van der Waals surface area contributed by atoms with E-state index in [1.165, 1.54) is 7.11 Å². The van der Waals surface area contributed by atoms with Crippen molar-refractivity contribution in [3.63, 3.8) is 0 Å². The van der Waals surface area contributed by atoms with Crippen LogP contribution in [-0.4, -0.2) is 22.6 Å². The molecular formula is C14H18N4O2. The summed E-state index contributed by atoms with van der Waals surface area (Å²) < 4.78 is 7.17. The van der Waals surface area contributed by atoms with Crippen molar-refractivity contribution in [1.29, 1.82) is 0 Å². The topological polar surface area (TPSA) is 96.2 Å². The van der Waals surface area contributed by atoms with Gasteiger partial charge in [-0.1, -0.05) is 19.1 Å². The number of carbonyl (C=O) groups excluding carboxylic acids is 1. The number of imidazole rings is 1. The Labute approximate surface area is 117 Å². The summed E-state index contributed by atoms with van der Waals surface area (Å²) in [5.74, 6) is 0.385. The molecule has 1 amide bonds. The number of aromatic nitrogens is 2. The van der Waals surface area contributed by atoms with Gasteiger partial charge in [-0.2, -0.15) is 0 Å². The Balaban J connectivity index is 2.62. The van der Waals surface area contributed by atoms with Gasteiger partial charge >= 0.3 is 0 Å². The third-order valence-corrected chi connectivity index (χ3v) is 3.03. The third kappa shape index (κ3) is 2.45. The largest absolute Gasteiger partial charge is 0.494 e. The van der Waals surface area contributed by atoms with Gasteiger partial charge in [0.2, 0.25) is 11.9 Å². The first-order valence-corrected chi connectivity index (χ1v) is 6.37. The molecule has 6 nitrogen and oxygen atoms in total. The van der Waals surface area contributed by atoms with Crippen LogP contribution >= 0.6 is 0 Å². The molecule has 0 spiro atoms. The zero-order valence-corrected chi connectivity index (χ0v) is 11.6. The van der Waals surface area contributed by atoms with E-state index in [-0.39, 0.29) is 0 Å². The summed E-state index contributed by atoms with van der Waals surface area (Å²) in [6, 6.07) is 3.22. The first kappa shape index (κ1) is 13.9. The number of methoxy groups -OCH3 is 1. The van der Waals surface area contributed by atoms with Gasteiger partial charge < -0.3 is 20.8 Å². The number of allylic oxidation sites excluding steroid dienone is 2. The lowest BCUT2D eigenvalue weighted by Gasteiger charge is -2.08.